The van der Waals surface area contributed by atoms with Gasteiger partial charge in [0.1, 0.15) is 0 Å². The van der Waals surface area contributed by atoms with Crippen molar-refractivity contribution in [1.82, 2.24) is 14.8 Å². The summed E-state index contributed by atoms with van der Waals surface area (Å²) in [5.41, 5.74) is 6.96. The van der Waals surface area contributed by atoms with Gasteiger partial charge in [0.2, 0.25) is 0 Å². The third-order valence-corrected chi connectivity index (χ3v) is 1.89. The van der Waals surface area contributed by atoms with E-state index >= 15 is 0 Å². The molecule has 0 aliphatic rings. The summed E-state index contributed by atoms with van der Waals surface area (Å²) < 4.78 is 14.5. The predicted molar refractivity (Wildman–Crippen MR) is 50.8 cm³/mol. The third kappa shape index (κ3) is 1.44. The Kier molecular flexibility index (Phi) is 1.92. The number of anilines is 1. The molecular weight excluding hydrogens is 183 g/mol. The van der Waals surface area contributed by atoms with E-state index in [2.05, 4.69) is 10.1 Å². The lowest BCUT2D eigenvalue weighted by Crippen LogP contribution is -1.93. The molecule has 0 unspecified atom stereocenters. The normalized spacial score (nSPS) is 10.4. The van der Waals surface area contributed by atoms with Crippen molar-refractivity contribution in [2.75, 3.05) is 5.73 Å². The molecular formula is C9H9FN4. The average molecular weight is 192 g/mol. The molecule has 0 aromatic carbocycles. The zero-order valence-corrected chi connectivity index (χ0v) is 7.61. The van der Waals surface area contributed by atoms with E-state index in [1.165, 1.54) is 6.07 Å². The van der Waals surface area contributed by atoms with E-state index in [9.17, 15) is 4.39 Å². The largest absolute Gasteiger partial charge is 0.396 e. The second kappa shape index (κ2) is 3.10. The Morgan fingerprint density at radius 2 is 2.21 bits per heavy atom. The molecule has 0 fully saturated rings. The van der Waals surface area contributed by atoms with Gasteiger partial charge >= 0.3 is 0 Å². The van der Waals surface area contributed by atoms with Gasteiger partial charge in [0.05, 0.1) is 23.8 Å². The number of nitrogens with zero attached hydrogens (tertiary/aromatic N) is 3. The van der Waals surface area contributed by atoms with Gasteiger partial charge in [-0.1, -0.05) is 0 Å². The van der Waals surface area contributed by atoms with E-state index in [1.807, 2.05) is 0 Å². The van der Waals surface area contributed by atoms with Gasteiger partial charge in [-0.15, -0.1) is 0 Å². The molecule has 0 aliphatic carbocycles. The number of aryl methyl sites for hydroxylation is 1. The molecule has 0 saturated heterocycles. The molecule has 4 nitrogen and oxygen atoms in total. The molecule has 5 heteroatoms. The van der Waals surface area contributed by atoms with Gasteiger partial charge in [0.15, 0.2) is 5.82 Å². The minimum Gasteiger partial charge on any atom is -0.396 e. The third-order valence-electron chi connectivity index (χ3n) is 1.89. The fourth-order valence-electron chi connectivity index (χ4n) is 1.17. The van der Waals surface area contributed by atoms with Gasteiger partial charge in [-0.25, -0.2) is 4.39 Å². The minimum absolute atomic E-state index is 0.0962. The van der Waals surface area contributed by atoms with Crippen molar-refractivity contribution in [3.63, 3.8) is 0 Å². The summed E-state index contributed by atoms with van der Waals surface area (Å²) in [7, 11) is 1.80. The Hall–Kier alpha value is -1.91. The zero-order valence-electron chi connectivity index (χ0n) is 7.61. The van der Waals surface area contributed by atoms with Crippen LogP contribution >= 0.6 is 0 Å². The molecule has 0 amide bonds. The molecule has 2 heterocycles. The highest BCUT2D eigenvalue weighted by Gasteiger charge is 2.04. The topological polar surface area (TPSA) is 56.7 Å². The van der Waals surface area contributed by atoms with Crippen molar-refractivity contribution >= 4 is 5.69 Å². The van der Waals surface area contributed by atoms with Crippen LogP contribution in [0.15, 0.2) is 24.7 Å². The SMILES string of the molecule is Cn1cc(-c2cc(N)c(F)cn2)cn1. The monoisotopic (exact) mass is 192 g/mol. The lowest BCUT2D eigenvalue weighted by molar-refractivity contribution is 0.626. The van der Waals surface area contributed by atoms with Crippen LogP contribution in [0, 0.1) is 5.82 Å². The number of aromatic nitrogens is 3. The van der Waals surface area contributed by atoms with Crippen LogP contribution in [-0.4, -0.2) is 14.8 Å². The van der Waals surface area contributed by atoms with E-state index in [0.29, 0.717) is 5.69 Å². The molecule has 2 rings (SSSR count). The van der Waals surface area contributed by atoms with Crippen LogP contribution in [-0.2, 0) is 7.05 Å². The van der Waals surface area contributed by atoms with Crippen molar-refractivity contribution in [1.29, 1.82) is 0 Å². The number of rotatable bonds is 1. The second-order valence-corrected chi connectivity index (χ2v) is 2.99. The first kappa shape index (κ1) is 8.68. The van der Waals surface area contributed by atoms with E-state index in [0.717, 1.165) is 11.8 Å². The highest BCUT2D eigenvalue weighted by atomic mass is 19.1. The second-order valence-electron chi connectivity index (χ2n) is 2.99. The highest BCUT2D eigenvalue weighted by Crippen LogP contribution is 2.19. The van der Waals surface area contributed by atoms with Crippen LogP contribution in [0.4, 0.5) is 10.1 Å². The number of nitrogens with two attached hydrogens (primary N) is 1. The van der Waals surface area contributed by atoms with Gasteiger partial charge in [0, 0.05) is 18.8 Å². The summed E-state index contributed by atoms with van der Waals surface area (Å²) in [6.07, 6.45) is 4.55. The summed E-state index contributed by atoms with van der Waals surface area (Å²) in [6, 6.07) is 1.49. The maximum absolute atomic E-state index is 12.8. The smallest absolute Gasteiger partial charge is 0.164 e. The molecule has 0 atom stereocenters. The van der Waals surface area contributed by atoms with E-state index in [4.69, 9.17) is 5.73 Å². The first-order valence-electron chi connectivity index (χ1n) is 4.07. The molecule has 0 saturated carbocycles. The van der Waals surface area contributed by atoms with Gasteiger partial charge in [-0.3, -0.25) is 9.67 Å². The number of nitrogen functional groups attached to an aromatic ring is 1. The zero-order chi connectivity index (χ0) is 10.1. The van der Waals surface area contributed by atoms with E-state index in [1.54, 1.807) is 24.1 Å². The molecule has 2 N–H and O–H groups in total. The lowest BCUT2D eigenvalue weighted by atomic mass is 10.2. The maximum Gasteiger partial charge on any atom is 0.164 e. The fraction of sp³-hybridized carbons (Fsp3) is 0.111. The Morgan fingerprint density at radius 1 is 1.43 bits per heavy atom. The molecule has 2 aromatic rings. The van der Waals surface area contributed by atoms with Crippen LogP contribution in [0.1, 0.15) is 0 Å². The quantitative estimate of drug-likeness (QED) is 0.738. The van der Waals surface area contributed by atoms with Crippen molar-refractivity contribution in [3.05, 3.63) is 30.5 Å². The summed E-state index contributed by atoms with van der Waals surface area (Å²) in [6.45, 7) is 0. The fourth-order valence-corrected chi connectivity index (χ4v) is 1.17. The number of hydrogen-bond acceptors (Lipinski definition) is 3. The van der Waals surface area contributed by atoms with Crippen LogP contribution in [0.2, 0.25) is 0 Å². The number of hydrogen-bond donors (Lipinski definition) is 1. The average Bonchev–Trinajstić information content (AvgIpc) is 2.57. The lowest BCUT2D eigenvalue weighted by Gasteiger charge is -1.98. The van der Waals surface area contributed by atoms with E-state index < -0.39 is 5.82 Å². The predicted octanol–water partition coefficient (Wildman–Crippen LogP) is 1.20. The Labute approximate surface area is 80.2 Å². The highest BCUT2D eigenvalue weighted by molar-refractivity contribution is 5.61. The molecule has 0 radical (unpaired) electrons. The van der Waals surface area contributed by atoms with Crippen molar-refractivity contribution in [2.24, 2.45) is 7.05 Å². The van der Waals surface area contributed by atoms with Gasteiger partial charge in [-0.05, 0) is 6.07 Å². The molecule has 2 aromatic heterocycles. The summed E-state index contributed by atoms with van der Waals surface area (Å²) >= 11 is 0. The molecule has 14 heavy (non-hydrogen) atoms. The van der Waals surface area contributed by atoms with E-state index in [-0.39, 0.29) is 5.69 Å². The Morgan fingerprint density at radius 3 is 2.79 bits per heavy atom. The van der Waals surface area contributed by atoms with Crippen LogP contribution in [0.3, 0.4) is 0 Å². The van der Waals surface area contributed by atoms with Gasteiger partial charge < -0.3 is 5.73 Å². The Bertz CT molecular complexity index is 464. The van der Waals surface area contributed by atoms with Crippen molar-refractivity contribution in [3.8, 4) is 11.3 Å². The minimum atomic E-state index is -0.502. The molecule has 0 aliphatic heterocycles. The van der Waals surface area contributed by atoms with Crippen LogP contribution in [0.25, 0.3) is 11.3 Å². The summed E-state index contributed by atoms with van der Waals surface area (Å²) in [5, 5.41) is 3.99. The van der Waals surface area contributed by atoms with Crippen LogP contribution < -0.4 is 5.73 Å². The molecule has 0 bridgehead atoms. The van der Waals surface area contributed by atoms with Crippen LogP contribution in [0.5, 0.6) is 0 Å². The van der Waals surface area contributed by atoms with Crippen molar-refractivity contribution in [2.45, 2.75) is 0 Å². The molecule has 72 valence electrons. The number of pyridine rings is 1. The van der Waals surface area contributed by atoms with Gasteiger partial charge in [-0.2, -0.15) is 5.10 Å². The van der Waals surface area contributed by atoms with Gasteiger partial charge in [0.25, 0.3) is 0 Å². The Balaban J connectivity index is 2.47. The van der Waals surface area contributed by atoms with Crippen molar-refractivity contribution < 1.29 is 4.39 Å². The standard InChI is InChI=1S/C9H9FN4/c1-14-5-6(3-13-14)9-2-8(11)7(10)4-12-9/h2-5H,1H3,(H2,11,12). The summed E-state index contributed by atoms with van der Waals surface area (Å²) in [4.78, 5) is 3.91. The number of halogens is 1. The molecule has 0 spiro atoms. The first-order chi connectivity index (χ1) is 6.66. The first-order valence-corrected chi connectivity index (χ1v) is 4.07. The maximum atomic E-state index is 12.8. The summed E-state index contributed by atoms with van der Waals surface area (Å²) in [5.74, 6) is -0.502.